The molecular formula is C13H13F3N2O4S2. The van der Waals surface area contributed by atoms with Gasteiger partial charge in [0.1, 0.15) is 5.83 Å². The van der Waals surface area contributed by atoms with Gasteiger partial charge in [-0.3, -0.25) is 9.52 Å². The van der Waals surface area contributed by atoms with Crippen LogP contribution in [0.25, 0.3) is 0 Å². The molecule has 11 heteroatoms. The zero-order valence-electron chi connectivity index (χ0n) is 12.3. The lowest BCUT2D eigenvalue weighted by atomic mass is 10.1. The van der Waals surface area contributed by atoms with Gasteiger partial charge in [-0.1, -0.05) is 6.08 Å². The van der Waals surface area contributed by atoms with Crippen molar-refractivity contribution in [3.05, 3.63) is 35.1 Å². The number of anilines is 1. The number of rotatable bonds is 6. The Morgan fingerprint density at radius 2 is 2.21 bits per heavy atom. The second-order valence-corrected chi connectivity index (χ2v) is 7.66. The van der Waals surface area contributed by atoms with Gasteiger partial charge in [-0.2, -0.15) is 8.78 Å². The number of ether oxygens (including phenoxy) is 1. The predicted molar refractivity (Wildman–Crippen MR) is 82.1 cm³/mol. The predicted octanol–water partition coefficient (Wildman–Crippen LogP) is 2.42. The number of halogens is 3. The molecule has 1 aliphatic rings. The summed E-state index contributed by atoms with van der Waals surface area (Å²) in [6.07, 6.45) is 2.32. The molecule has 0 saturated heterocycles. The minimum absolute atomic E-state index is 0.0507. The number of thiazole rings is 1. The van der Waals surface area contributed by atoms with E-state index < -0.39 is 33.0 Å². The molecule has 0 saturated carbocycles. The van der Waals surface area contributed by atoms with Crippen LogP contribution in [0.4, 0.5) is 18.3 Å². The second-order valence-electron chi connectivity index (χ2n) is 4.74. The third-order valence-electron chi connectivity index (χ3n) is 2.88. The molecule has 1 aromatic heterocycles. The fourth-order valence-electron chi connectivity index (χ4n) is 1.91. The van der Waals surface area contributed by atoms with Gasteiger partial charge in [0, 0.05) is 17.2 Å². The molecular weight excluding hydrogens is 369 g/mol. The van der Waals surface area contributed by atoms with Crippen molar-refractivity contribution in [3.63, 3.8) is 0 Å². The lowest BCUT2D eigenvalue weighted by Crippen LogP contribution is -2.41. The van der Waals surface area contributed by atoms with Crippen molar-refractivity contribution < 1.29 is 31.1 Å². The Morgan fingerprint density at radius 1 is 1.50 bits per heavy atom. The summed E-state index contributed by atoms with van der Waals surface area (Å²) in [5.74, 6) is -5.62. The quantitative estimate of drug-likeness (QED) is 0.764. The summed E-state index contributed by atoms with van der Waals surface area (Å²) >= 11 is 0.818. The SMILES string of the molecule is CCOC(=O)Cc1cnc(NS(=O)(=O)C2C=CC(F)=CC2(F)F)s1. The Bertz CT molecular complexity index is 787. The van der Waals surface area contributed by atoms with Gasteiger partial charge in [0.2, 0.25) is 10.0 Å². The normalized spacial score (nSPS) is 19.7. The summed E-state index contributed by atoms with van der Waals surface area (Å²) in [5.41, 5.74) is 0. The molecule has 6 nitrogen and oxygen atoms in total. The summed E-state index contributed by atoms with van der Waals surface area (Å²) in [4.78, 5) is 15.5. The van der Waals surface area contributed by atoms with Gasteiger partial charge in [0.15, 0.2) is 10.4 Å². The molecule has 0 aliphatic heterocycles. The smallest absolute Gasteiger partial charge is 0.311 e. The first-order valence-electron chi connectivity index (χ1n) is 6.70. The average molecular weight is 382 g/mol. The van der Waals surface area contributed by atoms with Crippen molar-refractivity contribution in [2.45, 2.75) is 24.5 Å². The van der Waals surface area contributed by atoms with E-state index in [0.717, 1.165) is 11.3 Å². The monoisotopic (exact) mass is 382 g/mol. The highest BCUT2D eigenvalue weighted by atomic mass is 32.2. The molecule has 0 bridgehead atoms. The second kappa shape index (κ2) is 6.93. The van der Waals surface area contributed by atoms with Crippen molar-refractivity contribution in [2.24, 2.45) is 0 Å². The molecule has 2 rings (SSSR count). The molecule has 1 heterocycles. The molecule has 1 unspecified atom stereocenters. The maximum Gasteiger partial charge on any atom is 0.311 e. The molecule has 0 spiro atoms. The fourth-order valence-corrected chi connectivity index (χ4v) is 4.26. The lowest BCUT2D eigenvalue weighted by molar-refractivity contribution is -0.142. The number of alkyl halides is 2. The summed E-state index contributed by atoms with van der Waals surface area (Å²) in [5, 5.41) is -2.43. The molecule has 24 heavy (non-hydrogen) atoms. The van der Waals surface area contributed by atoms with Crippen molar-refractivity contribution >= 4 is 32.5 Å². The number of nitrogens with one attached hydrogen (secondary N) is 1. The van der Waals surface area contributed by atoms with Gasteiger partial charge in [-0.25, -0.2) is 17.8 Å². The molecule has 0 fully saturated rings. The van der Waals surface area contributed by atoms with E-state index in [1.165, 1.54) is 6.20 Å². The van der Waals surface area contributed by atoms with E-state index in [9.17, 15) is 26.4 Å². The van der Waals surface area contributed by atoms with Crippen molar-refractivity contribution in [3.8, 4) is 0 Å². The van der Waals surface area contributed by atoms with E-state index >= 15 is 0 Å². The number of hydrogen-bond acceptors (Lipinski definition) is 6. The first kappa shape index (κ1) is 18.5. The highest BCUT2D eigenvalue weighted by molar-refractivity contribution is 7.93. The minimum Gasteiger partial charge on any atom is -0.466 e. The molecule has 0 aromatic carbocycles. The van der Waals surface area contributed by atoms with Crippen molar-refractivity contribution in [1.82, 2.24) is 4.98 Å². The average Bonchev–Trinajstić information content (AvgIpc) is 2.83. The number of allylic oxidation sites excluding steroid dienone is 3. The number of hydrogen-bond donors (Lipinski definition) is 1. The van der Waals surface area contributed by atoms with Gasteiger partial charge in [-0.05, 0) is 13.0 Å². The van der Waals surface area contributed by atoms with Crippen LogP contribution in [0, 0.1) is 0 Å². The largest absolute Gasteiger partial charge is 0.466 e. The summed E-state index contributed by atoms with van der Waals surface area (Å²) in [6.45, 7) is 1.84. The van der Waals surface area contributed by atoms with Gasteiger partial charge in [0.25, 0.3) is 5.92 Å². The molecule has 1 aromatic rings. The van der Waals surface area contributed by atoms with E-state index in [1.807, 2.05) is 4.72 Å². The van der Waals surface area contributed by atoms with Crippen LogP contribution in [0.3, 0.4) is 0 Å². The van der Waals surface area contributed by atoms with Crippen LogP contribution in [0.5, 0.6) is 0 Å². The van der Waals surface area contributed by atoms with Crippen LogP contribution < -0.4 is 4.72 Å². The van der Waals surface area contributed by atoms with E-state index in [0.29, 0.717) is 17.0 Å². The van der Waals surface area contributed by atoms with E-state index in [-0.39, 0.29) is 24.2 Å². The maximum atomic E-state index is 13.7. The van der Waals surface area contributed by atoms with Gasteiger partial charge < -0.3 is 4.74 Å². The van der Waals surface area contributed by atoms with Crippen LogP contribution in [0.2, 0.25) is 0 Å². The minimum atomic E-state index is -4.56. The van der Waals surface area contributed by atoms with E-state index in [1.54, 1.807) is 6.92 Å². The highest BCUT2D eigenvalue weighted by Gasteiger charge is 2.47. The lowest BCUT2D eigenvalue weighted by Gasteiger charge is -2.23. The molecule has 1 atom stereocenters. The summed E-state index contributed by atoms with van der Waals surface area (Å²) in [7, 11) is -4.56. The molecule has 1 aliphatic carbocycles. The van der Waals surface area contributed by atoms with Crippen LogP contribution in [0.15, 0.2) is 30.3 Å². The molecule has 0 amide bonds. The summed E-state index contributed by atoms with van der Waals surface area (Å²) in [6, 6.07) is 0. The fraction of sp³-hybridized carbons (Fsp3) is 0.385. The Kier molecular flexibility index (Phi) is 5.33. The topological polar surface area (TPSA) is 85.4 Å². The first-order chi connectivity index (χ1) is 11.1. The third-order valence-corrected chi connectivity index (χ3v) is 5.54. The zero-order chi connectivity index (χ0) is 18.0. The van der Waals surface area contributed by atoms with Gasteiger partial charge in [-0.15, -0.1) is 11.3 Å². The molecule has 132 valence electrons. The number of nitrogens with zero attached hydrogens (tertiary/aromatic N) is 1. The molecule has 1 N–H and O–H groups in total. The number of carbonyl (C=O) groups is 1. The third kappa shape index (κ3) is 4.35. The Balaban J connectivity index is 2.12. The number of sulfonamides is 1. The van der Waals surface area contributed by atoms with Crippen molar-refractivity contribution in [2.75, 3.05) is 11.3 Å². The zero-order valence-corrected chi connectivity index (χ0v) is 14.0. The number of aromatic nitrogens is 1. The van der Waals surface area contributed by atoms with Crippen LogP contribution in [0.1, 0.15) is 11.8 Å². The maximum absolute atomic E-state index is 13.7. The number of carbonyl (C=O) groups excluding carboxylic acids is 1. The van der Waals surface area contributed by atoms with Crippen LogP contribution in [-0.2, 0) is 26.0 Å². The first-order valence-corrected chi connectivity index (χ1v) is 9.06. The molecule has 0 radical (unpaired) electrons. The Labute approximate surface area is 140 Å². The number of esters is 1. The standard InChI is InChI=1S/C13H13F3N2O4S2/c1-2-22-11(19)5-9-7-17-12(23-9)18-24(20,21)10-4-3-8(14)6-13(10,15)16/h3-4,6-7,10H,2,5H2,1H3,(H,17,18). The van der Waals surface area contributed by atoms with E-state index in [2.05, 4.69) is 4.98 Å². The Morgan fingerprint density at radius 3 is 2.83 bits per heavy atom. The summed E-state index contributed by atoms with van der Waals surface area (Å²) < 4.78 is 71.2. The van der Waals surface area contributed by atoms with Gasteiger partial charge >= 0.3 is 5.97 Å². The van der Waals surface area contributed by atoms with Crippen molar-refractivity contribution in [1.29, 1.82) is 0 Å². The Hall–Kier alpha value is -1.88. The highest BCUT2D eigenvalue weighted by Crippen LogP contribution is 2.34. The van der Waals surface area contributed by atoms with E-state index in [4.69, 9.17) is 4.74 Å². The van der Waals surface area contributed by atoms with Gasteiger partial charge in [0.05, 0.1) is 13.0 Å². The van der Waals surface area contributed by atoms with Crippen LogP contribution in [-0.4, -0.2) is 37.2 Å². The van der Waals surface area contributed by atoms with Crippen LogP contribution >= 0.6 is 11.3 Å².